The third kappa shape index (κ3) is 4.58. The van der Waals surface area contributed by atoms with Gasteiger partial charge in [0.05, 0.1) is 11.1 Å². The Morgan fingerprint density at radius 3 is 2.31 bits per heavy atom. The Morgan fingerprint density at radius 1 is 0.931 bits per heavy atom. The van der Waals surface area contributed by atoms with Crippen LogP contribution in [0.1, 0.15) is 21.5 Å². The van der Waals surface area contributed by atoms with Gasteiger partial charge in [-0.15, -0.1) is 0 Å². The van der Waals surface area contributed by atoms with Crippen LogP contribution >= 0.6 is 0 Å². The molecule has 0 unspecified atom stereocenters. The van der Waals surface area contributed by atoms with Gasteiger partial charge in [-0.3, -0.25) is 4.79 Å². The molecule has 0 radical (unpaired) electrons. The minimum absolute atomic E-state index is 0.0969. The topological polar surface area (TPSA) is 56.5 Å². The predicted octanol–water partition coefficient (Wildman–Crippen LogP) is 5.09. The van der Waals surface area contributed by atoms with E-state index in [1.807, 2.05) is 0 Å². The number of carbonyl (C=O) groups excluding carboxylic acids is 1. The highest BCUT2D eigenvalue weighted by Crippen LogP contribution is 2.35. The van der Waals surface area contributed by atoms with E-state index in [4.69, 9.17) is 9.15 Å². The van der Waals surface area contributed by atoms with Gasteiger partial charge in [0.1, 0.15) is 11.3 Å². The van der Waals surface area contributed by atoms with Gasteiger partial charge < -0.3 is 9.15 Å². The van der Waals surface area contributed by atoms with Crippen molar-refractivity contribution in [1.82, 2.24) is 0 Å². The van der Waals surface area contributed by atoms with Crippen molar-refractivity contribution in [3.05, 3.63) is 75.6 Å². The number of benzene rings is 2. The summed E-state index contributed by atoms with van der Waals surface area (Å²) in [5.74, 6) is -0.873. The summed E-state index contributed by atoms with van der Waals surface area (Å²) < 4.78 is 87.1. The molecule has 0 saturated heterocycles. The average Bonchev–Trinajstić information content (AvgIpc) is 2.63. The minimum atomic E-state index is -4.78. The molecule has 0 bridgehead atoms. The lowest BCUT2D eigenvalue weighted by Crippen LogP contribution is -2.14. The number of fused-ring (bicyclic) bond motifs is 1. The molecule has 0 aliphatic rings. The van der Waals surface area contributed by atoms with Crippen molar-refractivity contribution in [3.8, 4) is 5.75 Å². The van der Waals surface area contributed by atoms with Crippen molar-refractivity contribution in [2.75, 3.05) is 6.61 Å². The molecule has 0 aliphatic heterocycles. The summed E-state index contributed by atoms with van der Waals surface area (Å²) in [5, 5.41) is -0.381. The Balaban J connectivity index is 1.83. The zero-order chi connectivity index (χ0) is 21.4. The second kappa shape index (κ2) is 7.26. The summed E-state index contributed by atoms with van der Waals surface area (Å²) in [5.41, 5.74) is -4.06. The van der Waals surface area contributed by atoms with Crippen molar-refractivity contribution < 1.29 is 40.3 Å². The standard InChI is InChI=1S/C19H10F6O4/c20-18(21,22)11-3-1-2-10(6-11)15(26)9-28-12-4-5-13-14(19(23,24)25)8-17(27)29-16(13)7-12/h1-8H,9H2. The summed E-state index contributed by atoms with van der Waals surface area (Å²) in [6.45, 7) is -0.671. The second-order valence-corrected chi connectivity index (χ2v) is 5.93. The first kappa shape index (κ1) is 20.4. The van der Waals surface area contributed by atoms with Crippen LogP contribution in [0.15, 0.2) is 57.7 Å². The maximum atomic E-state index is 13.0. The normalized spacial score (nSPS) is 12.2. The molecule has 0 aliphatic carbocycles. The van der Waals surface area contributed by atoms with Crippen LogP contribution in [-0.2, 0) is 12.4 Å². The van der Waals surface area contributed by atoms with Crippen LogP contribution in [0.5, 0.6) is 5.75 Å². The fourth-order valence-electron chi connectivity index (χ4n) is 2.57. The van der Waals surface area contributed by atoms with Crippen LogP contribution in [-0.4, -0.2) is 12.4 Å². The Bertz CT molecular complexity index is 1130. The molecule has 0 N–H and O–H groups in total. The number of ketones is 1. The molecule has 29 heavy (non-hydrogen) atoms. The molecule has 152 valence electrons. The zero-order valence-corrected chi connectivity index (χ0v) is 14.2. The quantitative estimate of drug-likeness (QED) is 0.338. The Morgan fingerprint density at radius 2 is 1.66 bits per heavy atom. The van der Waals surface area contributed by atoms with Crippen molar-refractivity contribution in [2.24, 2.45) is 0 Å². The number of Topliss-reactive ketones (excluding diaryl/α,β-unsaturated/α-hetero) is 1. The highest BCUT2D eigenvalue weighted by Gasteiger charge is 2.34. The van der Waals surface area contributed by atoms with Crippen molar-refractivity contribution >= 4 is 16.8 Å². The number of hydrogen-bond donors (Lipinski definition) is 0. The van der Waals surface area contributed by atoms with Crippen LogP contribution in [0.4, 0.5) is 26.3 Å². The van der Waals surface area contributed by atoms with Crippen LogP contribution in [0.25, 0.3) is 11.0 Å². The van der Waals surface area contributed by atoms with Gasteiger partial charge in [-0.2, -0.15) is 26.3 Å². The highest BCUT2D eigenvalue weighted by molar-refractivity contribution is 5.97. The molecule has 10 heteroatoms. The molecule has 3 rings (SSSR count). The summed E-state index contributed by atoms with van der Waals surface area (Å²) >= 11 is 0. The summed E-state index contributed by atoms with van der Waals surface area (Å²) in [6, 6.07) is 7.16. The van der Waals surface area contributed by atoms with Gasteiger partial charge in [0.15, 0.2) is 12.4 Å². The number of hydrogen-bond acceptors (Lipinski definition) is 4. The van der Waals surface area contributed by atoms with Crippen LogP contribution in [0, 0.1) is 0 Å². The van der Waals surface area contributed by atoms with Gasteiger partial charge in [0.25, 0.3) is 0 Å². The highest BCUT2D eigenvalue weighted by atomic mass is 19.4. The van der Waals surface area contributed by atoms with E-state index in [1.165, 1.54) is 6.07 Å². The minimum Gasteiger partial charge on any atom is -0.485 e. The summed E-state index contributed by atoms with van der Waals surface area (Å²) in [6.07, 6.45) is -9.40. The number of ether oxygens (including phenoxy) is 1. The lowest BCUT2D eigenvalue weighted by molar-refractivity contribution is -0.138. The maximum absolute atomic E-state index is 13.0. The van der Waals surface area contributed by atoms with Crippen molar-refractivity contribution in [1.29, 1.82) is 0 Å². The molecule has 0 saturated carbocycles. The van der Waals surface area contributed by atoms with Gasteiger partial charge in [-0.25, -0.2) is 4.79 Å². The van der Waals surface area contributed by atoms with Crippen molar-refractivity contribution in [2.45, 2.75) is 12.4 Å². The zero-order valence-electron chi connectivity index (χ0n) is 14.2. The first-order chi connectivity index (χ1) is 13.4. The molecule has 1 heterocycles. The SMILES string of the molecule is O=C(COc1ccc2c(C(F)(F)F)cc(=O)oc2c1)c1cccc(C(F)(F)F)c1. The monoisotopic (exact) mass is 416 g/mol. The smallest absolute Gasteiger partial charge is 0.417 e. The van der Waals surface area contributed by atoms with Gasteiger partial charge in [0.2, 0.25) is 0 Å². The van der Waals surface area contributed by atoms with E-state index in [0.717, 1.165) is 30.3 Å². The molecule has 0 spiro atoms. The molecule has 0 amide bonds. The number of rotatable bonds is 4. The maximum Gasteiger partial charge on any atom is 0.417 e. The van der Waals surface area contributed by atoms with E-state index >= 15 is 0 Å². The van der Waals surface area contributed by atoms with Crippen LogP contribution < -0.4 is 10.4 Å². The fraction of sp³-hybridized carbons (Fsp3) is 0.158. The van der Waals surface area contributed by atoms with Gasteiger partial charge in [0, 0.05) is 23.1 Å². The molecule has 3 aromatic rings. The second-order valence-electron chi connectivity index (χ2n) is 5.93. The molecule has 0 fully saturated rings. The molecular weight excluding hydrogens is 406 g/mol. The van der Waals surface area contributed by atoms with E-state index in [-0.39, 0.29) is 16.7 Å². The molecule has 4 nitrogen and oxygen atoms in total. The fourth-order valence-corrected chi connectivity index (χ4v) is 2.57. The van der Waals surface area contributed by atoms with Gasteiger partial charge >= 0.3 is 18.0 Å². The van der Waals surface area contributed by atoms with E-state index in [0.29, 0.717) is 12.1 Å². The first-order valence-electron chi connectivity index (χ1n) is 7.93. The lowest BCUT2D eigenvalue weighted by Gasteiger charge is -2.11. The molecule has 2 aromatic carbocycles. The first-order valence-corrected chi connectivity index (χ1v) is 7.93. The van der Waals surface area contributed by atoms with E-state index in [9.17, 15) is 35.9 Å². The predicted molar refractivity (Wildman–Crippen MR) is 88.8 cm³/mol. The summed E-state index contributed by atoms with van der Waals surface area (Å²) in [4.78, 5) is 23.5. The van der Waals surface area contributed by atoms with Crippen LogP contribution in [0.3, 0.4) is 0 Å². The molecular formula is C19H10F6O4. The lowest BCUT2D eigenvalue weighted by atomic mass is 10.1. The molecule has 1 aromatic heterocycles. The third-order valence-electron chi connectivity index (χ3n) is 3.90. The Hall–Kier alpha value is -3.30. The van der Waals surface area contributed by atoms with Gasteiger partial charge in [-0.1, -0.05) is 12.1 Å². The third-order valence-corrected chi connectivity index (χ3v) is 3.90. The average molecular weight is 416 g/mol. The van der Waals surface area contributed by atoms with E-state index < -0.39 is 47.1 Å². The summed E-state index contributed by atoms with van der Waals surface area (Å²) in [7, 11) is 0. The Labute approximate surface area is 158 Å². The van der Waals surface area contributed by atoms with Gasteiger partial charge in [-0.05, 0) is 24.3 Å². The largest absolute Gasteiger partial charge is 0.485 e. The van der Waals surface area contributed by atoms with Crippen LogP contribution in [0.2, 0.25) is 0 Å². The van der Waals surface area contributed by atoms with E-state index in [1.54, 1.807) is 0 Å². The number of alkyl halides is 6. The number of halogens is 6. The number of carbonyl (C=O) groups is 1. The van der Waals surface area contributed by atoms with E-state index in [2.05, 4.69) is 0 Å². The van der Waals surface area contributed by atoms with Crippen molar-refractivity contribution in [3.63, 3.8) is 0 Å². The molecule has 0 atom stereocenters. The Kier molecular flexibility index (Phi) is 5.12.